The number of carbonyl (C=O) groups excluding carboxylic acids is 1. The van der Waals surface area contributed by atoms with Crippen molar-refractivity contribution in [3.8, 4) is 0 Å². The highest BCUT2D eigenvalue weighted by atomic mass is 32.2. The number of carbonyl (C=O) groups is 1. The van der Waals surface area contributed by atoms with Crippen molar-refractivity contribution >= 4 is 15.9 Å². The first-order chi connectivity index (χ1) is 7.45. The summed E-state index contributed by atoms with van der Waals surface area (Å²) in [6.07, 6.45) is 0. The Bertz CT molecular complexity index is 470. The van der Waals surface area contributed by atoms with Gasteiger partial charge in [-0.3, -0.25) is 4.79 Å². The van der Waals surface area contributed by atoms with E-state index in [0.29, 0.717) is 0 Å². The van der Waals surface area contributed by atoms with Crippen LogP contribution in [0.25, 0.3) is 0 Å². The number of nitrogens with one attached hydrogen (secondary N) is 2. The van der Waals surface area contributed by atoms with Crippen molar-refractivity contribution < 1.29 is 17.6 Å². The number of amides is 1. The van der Waals surface area contributed by atoms with Crippen LogP contribution < -0.4 is 10.0 Å². The maximum absolute atomic E-state index is 12.6. The van der Waals surface area contributed by atoms with Gasteiger partial charge in [0.2, 0.25) is 15.9 Å². The first-order valence-corrected chi connectivity index (χ1v) is 5.90. The number of sulfonamides is 1. The lowest BCUT2D eigenvalue weighted by atomic mass is 10.4. The molecular formula is C9H11FN2O3S. The summed E-state index contributed by atoms with van der Waals surface area (Å²) in [5, 5.41) is 2.27. The Balaban J connectivity index is 2.78. The Morgan fingerprint density at radius 2 is 1.88 bits per heavy atom. The summed E-state index contributed by atoms with van der Waals surface area (Å²) in [5.41, 5.74) is 0. The zero-order chi connectivity index (χ0) is 12.2. The molecule has 88 valence electrons. The molecule has 7 heteroatoms. The topological polar surface area (TPSA) is 75.3 Å². The average molecular weight is 246 g/mol. The molecule has 0 bridgehead atoms. The lowest BCUT2D eigenvalue weighted by molar-refractivity contribution is -0.119. The van der Waals surface area contributed by atoms with Crippen molar-refractivity contribution in [3.63, 3.8) is 0 Å². The lowest BCUT2D eigenvalue weighted by Gasteiger charge is -2.05. The molecule has 0 fully saturated rings. The van der Waals surface area contributed by atoms with E-state index in [1.807, 2.05) is 0 Å². The minimum Gasteiger partial charge on any atom is -0.358 e. The molecule has 1 amide bonds. The van der Waals surface area contributed by atoms with Crippen LogP contribution in [0, 0.1) is 5.82 Å². The van der Waals surface area contributed by atoms with Crippen molar-refractivity contribution in [3.05, 3.63) is 30.1 Å². The fraction of sp³-hybridized carbons (Fsp3) is 0.222. The van der Waals surface area contributed by atoms with Crippen LogP contribution in [0.1, 0.15) is 0 Å². The van der Waals surface area contributed by atoms with Gasteiger partial charge in [0.05, 0.1) is 11.4 Å². The SMILES string of the molecule is CNC(=O)CNS(=O)(=O)c1ccc(F)cc1. The van der Waals surface area contributed by atoms with Crippen molar-refractivity contribution in [2.45, 2.75) is 4.90 Å². The van der Waals surface area contributed by atoms with E-state index in [1.165, 1.54) is 7.05 Å². The molecule has 0 aromatic heterocycles. The molecule has 0 radical (unpaired) electrons. The molecule has 0 spiro atoms. The first-order valence-electron chi connectivity index (χ1n) is 4.41. The third kappa shape index (κ3) is 3.28. The van der Waals surface area contributed by atoms with Crippen LogP contribution in [-0.4, -0.2) is 27.9 Å². The minimum absolute atomic E-state index is 0.0854. The molecule has 0 unspecified atom stereocenters. The fourth-order valence-electron chi connectivity index (χ4n) is 0.946. The Labute approximate surface area is 92.7 Å². The molecule has 0 saturated heterocycles. The Hall–Kier alpha value is -1.47. The zero-order valence-corrected chi connectivity index (χ0v) is 9.34. The summed E-state index contributed by atoms with van der Waals surface area (Å²) in [5.74, 6) is -0.976. The number of likely N-dealkylation sites (N-methyl/N-ethyl adjacent to an activating group) is 1. The van der Waals surface area contributed by atoms with E-state index >= 15 is 0 Å². The molecule has 0 aliphatic carbocycles. The maximum Gasteiger partial charge on any atom is 0.241 e. The number of halogens is 1. The van der Waals surface area contributed by atoms with E-state index in [4.69, 9.17) is 0 Å². The second-order valence-corrected chi connectivity index (χ2v) is 4.72. The highest BCUT2D eigenvalue weighted by Gasteiger charge is 2.14. The second-order valence-electron chi connectivity index (χ2n) is 2.95. The molecule has 2 N–H and O–H groups in total. The van der Waals surface area contributed by atoms with E-state index in [1.54, 1.807) is 0 Å². The van der Waals surface area contributed by atoms with Gasteiger partial charge in [-0.25, -0.2) is 17.5 Å². The number of hydrogen-bond acceptors (Lipinski definition) is 3. The third-order valence-corrected chi connectivity index (χ3v) is 3.24. The van der Waals surface area contributed by atoms with Gasteiger partial charge in [0.25, 0.3) is 0 Å². The zero-order valence-electron chi connectivity index (χ0n) is 8.53. The molecule has 0 aliphatic heterocycles. The molecule has 0 saturated carbocycles. The molecule has 1 aromatic rings. The Morgan fingerprint density at radius 3 is 2.38 bits per heavy atom. The predicted molar refractivity (Wildman–Crippen MR) is 55.7 cm³/mol. The van der Waals surface area contributed by atoms with Crippen molar-refractivity contribution in [2.24, 2.45) is 0 Å². The molecular weight excluding hydrogens is 235 g/mol. The van der Waals surface area contributed by atoms with Gasteiger partial charge in [-0.05, 0) is 24.3 Å². The van der Waals surface area contributed by atoms with Gasteiger partial charge in [0, 0.05) is 7.05 Å². The average Bonchev–Trinajstić information content (AvgIpc) is 2.26. The van der Waals surface area contributed by atoms with E-state index < -0.39 is 21.7 Å². The number of hydrogen-bond donors (Lipinski definition) is 2. The van der Waals surface area contributed by atoms with Gasteiger partial charge in [0.15, 0.2) is 0 Å². The summed E-state index contributed by atoms with van der Waals surface area (Å²) in [7, 11) is -2.36. The smallest absolute Gasteiger partial charge is 0.241 e. The normalized spacial score (nSPS) is 11.1. The number of benzene rings is 1. The Morgan fingerprint density at radius 1 is 1.31 bits per heavy atom. The lowest BCUT2D eigenvalue weighted by Crippen LogP contribution is -2.35. The predicted octanol–water partition coefficient (Wildman–Crippen LogP) is -0.150. The van der Waals surface area contributed by atoms with Gasteiger partial charge in [-0.2, -0.15) is 0 Å². The van der Waals surface area contributed by atoms with Crippen molar-refractivity contribution in [1.82, 2.24) is 10.0 Å². The molecule has 1 rings (SSSR count). The van der Waals surface area contributed by atoms with E-state index in [2.05, 4.69) is 10.0 Å². The largest absolute Gasteiger partial charge is 0.358 e. The Kier molecular flexibility index (Phi) is 3.97. The van der Waals surface area contributed by atoms with Gasteiger partial charge in [-0.15, -0.1) is 0 Å². The van der Waals surface area contributed by atoms with Crippen LogP contribution in [0.3, 0.4) is 0 Å². The van der Waals surface area contributed by atoms with E-state index in [9.17, 15) is 17.6 Å². The molecule has 1 aromatic carbocycles. The highest BCUT2D eigenvalue weighted by Crippen LogP contribution is 2.08. The van der Waals surface area contributed by atoms with Crippen LogP contribution in [0.5, 0.6) is 0 Å². The summed E-state index contributed by atoms with van der Waals surface area (Å²) in [6, 6.07) is 4.33. The van der Waals surface area contributed by atoms with Gasteiger partial charge >= 0.3 is 0 Å². The minimum atomic E-state index is -3.76. The highest BCUT2D eigenvalue weighted by molar-refractivity contribution is 7.89. The van der Waals surface area contributed by atoms with E-state index in [0.717, 1.165) is 24.3 Å². The standard InChI is InChI=1S/C9H11FN2O3S/c1-11-9(13)6-12-16(14,15)8-4-2-7(10)3-5-8/h2-5,12H,6H2,1H3,(H,11,13). The molecule has 0 atom stereocenters. The second kappa shape index (κ2) is 5.04. The van der Waals surface area contributed by atoms with Gasteiger partial charge in [0.1, 0.15) is 5.82 Å². The maximum atomic E-state index is 12.6. The summed E-state index contributed by atoms with van der Waals surface area (Å²) >= 11 is 0. The molecule has 0 aliphatic rings. The van der Waals surface area contributed by atoms with Crippen LogP contribution in [-0.2, 0) is 14.8 Å². The van der Waals surface area contributed by atoms with Gasteiger partial charge < -0.3 is 5.32 Å². The summed E-state index contributed by atoms with van der Waals surface area (Å²) in [6.45, 7) is -0.351. The molecule has 0 heterocycles. The summed E-state index contributed by atoms with van der Waals surface area (Å²) in [4.78, 5) is 10.8. The van der Waals surface area contributed by atoms with Crippen LogP contribution in [0.15, 0.2) is 29.2 Å². The summed E-state index contributed by atoms with van der Waals surface area (Å²) < 4.78 is 37.7. The van der Waals surface area contributed by atoms with Gasteiger partial charge in [-0.1, -0.05) is 0 Å². The van der Waals surface area contributed by atoms with Crippen molar-refractivity contribution in [1.29, 1.82) is 0 Å². The quantitative estimate of drug-likeness (QED) is 0.775. The number of rotatable bonds is 4. The molecule has 16 heavy (non-hydrogen) atoms. The first kappa shape index (κ1) is 12.6. The van der Waals surface area contributed by atoms with Crippen LogP contribution in [0.4, 0.5) is 4.39 Å². The molecule has 5 nitrogen and oxygen atoms in total. The van der Waals surface area contributed by atoms with Crippen LogP contribution in [0.2, 0.25) is 0 Å². The van der Waals surface area contributed by atoms with Crippen LogP contribution >= 0.6 is 0 Å². The third-order valence-electron chi connectivity index (χ3n) is 1.83. The fourth-order valence-corrected chi connectivity index (χ4v) is 1.93. The monoisotopic (exact) mass is 246 g/mol. The van der Waals surface area contributed by atoms with E-state index in [-0.39, 0.29) is 11.4 Å². The van der Waals surface area contributed by atoms with Crippen molar-refractivity contribution in [2.75, 3.05) is 13.6 Å².